The summed E-state index contributed by atoms with van der Waals surface area (Å²) in [5.41, 5.74) is 31.9. The molecule has 0 fully saturated rings. The van der Waals surface area contributed by atoms with Gasteiger partial charge in [0.05, 0.1) is 81.9 Å². The number of aryl methyl sites for hydroxylation is 2. The molecule has 0 aliphatic rings. The molecule has 89 heavy (non-hydrogen) atoms. The number of hydrogen-bond acceptors (Lipinski definition) is 25. The quantitative estimate of drug-likeness (QED) is 0.101. The van der Waals surface area contributed by atoms with E-state index < -0.39 is 27.8 Å². The molecule has 0 saturated heterocycles. The van der Waals surface area contributed by atoms with Crippen LogP contribution in [0.25, 0.3) is 139 Å². The van der Waals surface area contributed by atoms with Crippen LogP contribution in [0.2, 0.25) is 0 Å². The lowest BCUT2D eigenvalue weighted by atomic mass is 9.95. The Kier molecular flexibility index (Phi) is 10.4. The van der Waals surface area contributed by atoms with Gasteiger partial charge in [-0.2, -0.15) is 19.9 Å². The van der Waals surface area contributed by atoms with Crippen molar-refractivity contribution in [2.24, 2.45) is 28.2 Å². The van der Waals surface area contributed by atoms with E-state index in [1.54, 1.807) is 68.5 Å². The summed E-state index contributed by atoms with van der Waals surface area (Å²) >= 11 is 0. The van der Waals surface area contributed by atoms with Crippen molar-refractivity contribution < 1.29 is 0 Å². The Balaban J connectivity index is 1.06. The minimum Gasteiger partial charge on any atom is -0.369 e. The smallest absolute Gasteiger partial charge is 0.284 e. The molecule has 0 spiro atoms. The lowest BCUT2D eigenvalue weighted by Crippen LogP contribution is -2.16. The number of anilines is 5. The summed E-state index contributed by atoms with van der Waals surface area (Å²) < 4.78 is 13.7. The second-order valence-electron chi connectivity index (χ2n) is 21.0. The number of nitrogens with two attached hydrogens (primary N) is 5. The number of aromatic amines is 1. The van der Waals surface area contributed by atoms with Gasteiger partial charge in [0, 0.05) is 113 Å². The van der Waals surface area contributed by atoms with Gasteiger partial charge in [0.15, 0.2) is 0 Å². The minimum absolute atomic E-state index is 0.00919. The maximum atomic E-state index is 13.5. The average Bonchev–Trinajstić information content (AvgIpc) is 1.52. The van der Waals surface area contributed by atoms with E-state index >= 15 is 0 Å². The molecule has 0 aliphatic heterocycles. The molecule has 0 amide bonds. The van der Waals surface area contributed by atoms with Crippen LogP contribution in [-0.4, -0.2) is 123 Å². The van der Waals surface area contributed by atoms with Gasteiger partial charge in [-0.05, 0) is 30.3 Å². The monoisotopic (exact) mass is 1190 g/mol. The van der Waals surface area contributed by atoms with E-state index in [9.17, 15) is 24.0 Å². The van der Waals surface area contributed by atoms with E-state index in [0.29, 0.717) is 93.7 Å². The van der Waals surface area contributed by atoms with E-state index in [0.717, 1.165) is 0 Å². The third kappa shape index (κ3) is 7.57. The van der Waals surface area contributed by atoms with E-state index in [2.05, 4.69) is 76.3 Å². The van der Waals surface area contributed by atoms with Crippen LogP contribution in [0.4, 0.5) is 29.7 Å². The van der Waals surface area contributed by atoms with Crippen LogP contribution in [-0.2, 0) is 28.2 Å². The summed E-state index contributed by atoms with van der Waals surface area (Å²) in [5.74, 6) is -0.263. The molecule has 0 saturated carbocycles. The molecule has 16 aromatic rings. The van der Waals surface area contributed by atoms with Crippen LogP contribution < -0.4 is 56.5 Å². The second-order valence-corrected chi connectivity index (χ2v) is 21.0. The van der Waals surface area contributed by atoms with Crippen molar-refractivity contribution in [1.82, 2.24) is 123 Å². The highest BCUT2D eigenvalue weighted by atomic mass is 16.1. The number of nitrogen functional groups attached to an aromatic ring is 5. The first-order chi connectivity index (χ1) is 42.8. The van der Waals surface area contributed by atoms with Gasteiger partial charge in [0.1, 0.15) is 34.2 Å². The highest BCUT2D eigenvalue weighted by molar-refractivity contribution is 6.47. The van der Waals surface area contributed by atoms with Crippen molar-refractivity contribution in [2.45, 2.75) is 0 Å². The number of benzene rings is 5. The van der Waals surface area contributed by atoms with Gasteiger partial charge >= 0.3 is 0 Å². The molecule has 0 aliphatic carbocycles. The molecule has 10 aromatic heterocycles. The first-order valence-corrected chi connectivity index (χ1v) is 26.5. The topological polar surface area (TPSA) is 469 Å². The number of nitrogens with one attached hydrogen (secondary N) is 1. The normalized spacial score (nSPS) is 12.0. The largest absolute Gasteiger partial charge is 0.369 e. The van der Waals surface area contributed by atoms with Crippen LogP contribution in [0.3, 0.4) is 0 Å². The predicted octanol–water partition coefficient (Wildman–Crippen LogP) is 0.374. The zero-order chi connectivity index (χ0) is 61.3. The Morgan fingerprint density at radius 2 is 0.674 bits per heavy atom. The molecule has 10 heterocycles. The third-order valence-electron chi connectivity index (χ3n) is 15.8. The Bertz CT molecular complexity index is 6030. The maximum Gasteiger partial charge on any atom is 0.284 e. The zero-order valence-corrected chi connectivity index (χ0v) is 46.3. The third-order valence-corrected chi connectivity index (χ3v) is 15.8. The number of aromatic nitrogens is 25. The molecule has 0 radical (unpaired) electrons. The molecule has 35 nitrogen and oxygen atoms in total. The summed E-state index contributed by atoms with van der Waals surface area (Å²) in [4.78, 5) is 88.1. The number of rotatable bonds is 10. The number of nitrogens with zero attached hydrogens (tertiary/aromatic N) is 24. The minimum atomic E-state index is -0.634. The highest BCUT2D eigenvalue weighted by Gasteiger charge is 2.32. The lowest BCUT2D eigenvalue weighted by molar-refractivity contribution is 0.801. The first kappa shape index (κ1) is 51.2. The molecule has 6 aromatic carbocycles. The van der Waals surface area contributed by atoms with Crippen molar-refractivity contribution in [2.75, 3.05) is 28.7 Å². The van der Waals surface area contributed by atoms with Crippen LogP contribution >= 0.6 is 0 Å². The van der Waals surface area contributed by atoms with Crippen molar-refractivity contribution in [1.29, 1.82) is 0 Å². The molecule has 16 rings (SSSR count). The Hall–Kier alpha value is -13.5. The first-order valence-electron chi connectivity index (χ1n) is 26.5. The Morgan fingerprint density at radius 3 is 1.03 bits per heavy atom. The van der Waals surface area contributed by atoms with Gasteiger partial charge in [0.2, 0.25) is 29.7 Å². The summed E-state index contributed by atoms with van der Waals surface area (Å²) in [7, 11) is 6.57. The van der Waals surface area contributed by atoms with Crippen LogP contribution in [0, 0.1) is 0 Å². The van der Waals surface area contributed by atoms with Crippen LogP contribution in [0.1, 0.15) is 0 Å². The standard InChI is InChI=1S/C54H38N30O5/c1-76-13-25(48(88)64-51(76)56)28-15-80(71-66-28)33-5-20-34(81-16-29(67-72-81)26-14-77(2)52(57)65-49(26)89)6-22-35(82-17-30(68-73-82)27-10-40(85)61-50(55)60-27)7-23-37(84-19-32(70-75-84)39-12-42(87)63-54(59)79(39)4)9-24-36(8-21(33)44-43(20)45(22)46(23)47(24)44)83-18-31(69-74-83)38-11-41(86)62-53(58)78(38)3/h5-19H,1-4H3,(H2,56,64,88)(H2,57,65,89)(H2,58,62,86)(H2,59,63,87)(H3,55,60,61,85). The summed E-state index contributed by atoms with van der Waals surface area (Å²) in [5, 5.41) is 52.4. The van der Waals surface area contributed by atoms with Gasteiger partial charge in [-0.3, -0.25) is 29.0 Å². The highest BCUT2D eigenvalue weighted by Crippen LogP contribution is 2.54. The SMILES string of the molecule is Cn1cc(-c2cn(-c3cc4c(-n5cc(-c6cc(=O)[nH]c(N)n6)nn5)cc5c(-n6cc(-c7cc(=O)nc(N)n7C)nn6)cc6c(-n7cc(-c8cc(=O)nc(N)n8C)nn7)cc7c(-n8cc(-c9cn(C)c(N)nc9=O)nn8)cc3c3c4c5c6c73)nn2)c(=O)nc1N. The van der Waals surface area contributed by atoms with Gasteiger partial charge in [-0.1, -0.05) is 26.1 Å². The van der Waals surface area contributed by atoms with Gasteiger partial charge in [0.25, 0.3) is 27.8 Å². The van der Waals surface area contributed by atoms with Crippen LogP contribution in [0.5, 0.6) is 0 Å². The summed E-state index contributed by atoms with van der Waals surface area (Å²) in [6, 6.07) is 13.3. The zero-order valence-electron chi connectivity index (χ0n) is 46.3. The fourth-order valence-electron chi connectivity index (χ4n) is 11.6. The summed E-state index contributed by atoms with van der Waals surface area (Å²) in [6.07, 6.45) is 11.1. The Morgan fingerprint density at radius 1 is 0.348 bits per heavy atom. The summed E-state index contributed by atoms with van der Waals surface area (Å²) in [6.45, 7) is 0. The molecular weight excluding hydrogens is 1150 g/mol. The fraction of sp³-hybridized carbons (Fsp3) is 0.0741. The fourth-order valence-corrected chi connectivity index (χ4v) is 11.6. The number of H-pyrrole nitrogens is 1. The number of hydrogen-bond donors (Lipinski definition) is 6. The van der Waals surface area contributed by atoms with Crippen LogP contribution in [0.15, 0.2) is 116 Å². The molecule has 0 atom stereocenters. The molecule has 0 unspecified atom stereocenters. The van der Waals surface area contributed by atoms with E-state index in [4.69, 9.17) is 33.9 Å². The molecular formula is C54H38N30O5. The van der Waals surface area contributed by atoms with E-state index in [1.807, 2.05) is 30.3 Å². The van der Waals surface area contributed by atoms with Crippen molar-refractivity contribution in [3.05, 3.63) is 144 Å². The van der Waals surface area contributed by atoms with Gasteiger partial charge in [-0.25, -0.2) is 28.4 Å². The van der Waals surface area contributed by atoms with E-state index in [-0.39, 0.29) is 75.0 Å². The molecule has 35 heteroatoms. The average molecular weight is 1190 g/mol. The Labute approximate surface area is 490 Å². The second kappa shape index (κ2) is 18.0. The van der Waals surface area contributed by atoms with Gasteiger partial charge < -0.3 is 46.9 Å². The van der Waals surface area contributed by atoms with Crippen molar-refractivity contribution >= 4 is 83.6 Å². The predicted molar refractivity (Wildman–Crippen MR) is 322 cm³/mol. The van der Waals surface area contributed by atoms with E-state index in [1.165, 1.54) is 62.9 Å². The van der Waals surface area contributed by atoms with Gasteiger partial charge in [-0.15, -0.1) is 25.5 Å². The van der Waals surface area contributed by atoms with Crippen molar-refractivity contribution in [3.8, 4) is 85.1 Å². The molecule has 434 valence electrons. The molecule has 0 bridgehead atoms. The maximum absolute atomic E-state index is 13.5. The molecule has 11 N–H and O–H groups in total. The lowest BCUT2D eigenvalue weighted by Gasteiger charge is -2.16. The van der Waals surface area contributed by atoms with Crippen molar-refractivity contribution in [3.63, 3.8) is 0 Å².